The number of nitrogens with one attached hydrogen (secondary N) is 1. The summed E-state index contributed by atoms with van der Waals surface area (Å²) in [6.45, 7) is 0.494. The van der Waals surface area contributed by atoms with Crippen molar-refractivity contribution < 1.29 is 9.53 Å². The zero-order valence-corrected chi connectivity index (χ0v) is 17.2. The fourth-order valence-corrected chi connectivity index (χ4v) is 3.20. The molecular weight excluding hydrogens is 416 g/mol. The fourth-order valence-electron chi connectivity index (χ4n) is 3.01. The van der Waals surface area contributed by atoms with Gasteiger partial charge in [0.15, 0.2) is 0 Å². The maximum Gasteiger partial charge on any atom is 0.277 e. The number of amides is 1. The summed E-state index contributed by atoms with van der Waals surface area (Å²) in [5.41, 5.74) is 1.80. The summed E-state index contributed by atoms with van der Waals surface area (Å²) < 4.78 is 6.94. The van der Waals surface area contributed by atoms with Gasteiger partial charge in [-0.2, -0.15) is 0 Å². The van der Waals surface area contributed by atoms with Crippen LogP contribution in [0.1, 0.15) is 12.0 Å². The summed E-state index contributed by atoms with van der Waals surface area (Å²) in [5.74, 6) is 0.433. The van der Waals surface area contributed by atoms with Crippen molar-refractivity contribution in [1.82, 2.24) is 15.0 Å². The number of nitrogens with zero attached hydrogens (tertiary/aromatic N) is 3. The maximum atomic E-state index is 12.4. The lowest BCUT2D eigenvalue weighted by molar-refractivity contribution is -0.116. The van der Waals surface area contributed by atoms with Crippen molar-refractivity contribution in [1.29, 1.82) is 0 Å². The summed E-state index contributed by atoms with van der Waals surface area (Å²) in [6, 6.07) is 21.5. The molecular formula is C23H19ClN4O3. The van der Waals surface area contributed by atoms with Gasteiger partial charge in [0.05, 0.1) is 11.9 Å². The lowest BCUT2D eigenvalue weighted by Gasteiger charge is -2.09. The molecule has 4 aromatic rings. The standard InChI is InChI=1S/C23H19ClN4O3/c24-20-7-3-1-5-16(20)15-31-18-11-9-17(10-12-18)25-22(29)13-14-28-23(30)19-6-2-4-8-21(19)26-27-28/h1-12H,13-15H2,(H,25,29). The topological polar surface area (TPSA) is 86.1 Å². The summed E-state index contributed by atoms with van der Waals surface area (Å²) in [4.78, 5) is 24.7. The van der Waals surface area contributed by atoms with Crippen molar-refractivity contribution in [3.05, 3.63) is 93.7 Å². The molecule has 0 bridgehead atoms. The second kappa shape index (κ2) is 9.40. The first-order valence-corrected chi connectivity index (χ1v) is 10.1. The van der Waals surface area contributed by atoms with Gasteiger partial charge in [0, 0.05) is 22.7 Å². The Morgan fingerprint density at radius 1 is 1.00 bits per heavy atom. The number of aromatic nitrogens is 3. The number of carbonyl (C=O) groups excluding carboxylic acids is 1. The van der Waals surface area contributed by atoms with E-state index in [9.17, 15) is 9.59 Å². The molecule has 0 aliphatic rings. The van der Waals surface area contributed by atoms with Gasteiger partial charge in [-0.3, -0.25) is 9.59 Å². The van der Waals surface area contributed by atoms with Crippen molar-refractivity contribution in [3.63, 3.8) is 0 Å². The van der Waals surface area contributed by atoms with E-state index in [-0.39, 0.29) is 24.4 Å². The summed E-state index contributed by atoms with van der Waals surface area (Å²) in [7, 11) is 0. The lowest BCUT2D eigenvalue weighted by Crippen LogP contribution is -2.26. The number of ether oxygens (including phenoxy) is 1. The molecule has 1 N–H and O–H groups in total. The highest BCUT2D eigenvalue weighted by atomic mass is 35.5. The number of benzene rings is 3. The smallest absolute Gasteiger partial charge is 0.277 e. The Kier molecular flexibility index (Phi) is 6.24. The average Bonchev–Trinajstić information content (AvgIpc) is 2.79. The maximum absolute atomic E-state index is 12.4. The summed E-state index contributed by atoms with van der Waals surface area (Å²) >= 11 is 6.13. The number of rotatable bonds is 7. The van der Waals surface area contributed by atoms with Crippen LogP contribution in [0.25, 0.3) is 10.9 Å². The Morgan fingerprint density at radius 2 is 1.74 bits per heavy atom. The molecule has 7 nitrogen and oxygen atoms in total. The molecule has 1 heterocycles. The third kappa shape index (κ3) is 5.07. The molecule has 4 rings (SSSR count). The molecule has 0 fully saturated rings. The Labute approximate surface area is 183 Å². The SMILES string of the molecule is O=C(CCn1nnc2ccccc2c1=O)Nc1ccc(OCc2ccccc2Cl)cc1. The van der Waals surface area contributed by atoms with E-state index in [4.69, 9.17) is 16.3 Å². The Balaban J connectivity index is 1.31. The van der Waals surface area contributed by atoms with Crippen molar-refractivity contribution in [3.8, 4) is 5.75 Å². The van der Waals surface area contributed by atoms with Crippen LogP contribution in [0.2, 0.25) is 5.02 Å². The molecule has 156 valence electrons. The van der Waals surface area contributed by atoms with Crippen LogP contribution in [0.3, 0.4) is 0 Å². The van der Waals surface area contributed by atoms with E-state index in [1.54, 1.807) is 48.5 Å². The zero-order valence-electron chi connectivity index (χ0n) is 16.5. The van der Waals surface area contributed by atoms with Gasteiger partial charge in [-0.05, 0) is 42.5 Å². The molecule has 31 heavy (non-hydrogen) atoms. The van der Waals surface area contributed by atoms with Crippen LogP contribution in [-0.4, -0.2) is 20.9 Å². The molecule has 0 saturated carbocycles. The quantitative estimate of drug-likeness (QED) is 0.474. The van der Waals surface area contributed by atoms with Crippen LogP contribution >= 0.6 is 11.6 Å². The normalized spacial score (nSPS) is 10.7. The van der Waals surface area contributed by atoms with E-state index >= 15 is 0 Å². The van der Waals surface area contributed by atoms with Crippen LogP contribution in [0.4, 0.5) is 5.69 Å². The van der Waals surface area contributed by atoms with Crippen molar-refractivity contribution in [2.24, 2.45) is 0 Å². The van der Waals surface area contributed by atoms with Crippen LogP contribution < -0.4 is 15.6 Å². The monoisotopic (exact) mass is 434 g/mol. The molecule has 0 aliphatic heterocycles. The Morgan fingerprint density at radius 3 is 2.55 bits per heavy atom. The fraction of sp³-hybridized carbons (Fsp3) is 0.130. The lowest BCUT2D eigenvalue weighted by atomic mass is 10.2. The average molecular weight is 435 g/mol. The number of fused-ring (bicyclic) bond motifs is 1. The third-order valence-electron chi connectivity index (χ3n) is 4.67. The first-order valence-electron chi connectivity index (χ1n) is 9.69. The highest BCUT2D eigenvalue weighted by molar-refractivity contribution is 6.31. The van der Waals surface area contributed by atoms with Crippen molar-refractivity contribution in [2.45, 2.75) is 19.6 Å². The van der Waals surface area contributed by atoms with Crippen LogP contribution in [0.15, 0.2) is 77.6 Å². The Bertz CT molecular complexity index is 1270. The molecule has 8 heteroatoms. The first-order chi connectivity index (χ1) is 15.1. The highest BCUT2D eigenvalue weighted by Gasteiger charge is 2.08. The van der Waals surface area contributed by atoms with Gasteiger partial charge >= 0.3 is 0 Å². The van der Waals surface area contributed by atoms with Gasteiger partial charge in [-0.15, -0.1) is 5.10 Å². The molecule has 3 aromatic carbocycles. The van der Waals surface area contributed by atoms with Crippen molar-refractivity contribution in [2.75, 3.05) is 5.32 Å². The van der Waals surface area contributed by atoms with E-state index in [1.807, 2.05) is 24.3 Å². The minimum atomic E-state index is -0.265. The van der Waals surface area contributed by atoms with Gasteiger partial charge in [0.2, 0.25) is 5.91 Å². The Hall–Kier alpha value is -3.71. The van der Waals surface area contributed by atoms with Crippen LogP contribution in [0.5, 0.6) is 5.75 Å². The molecule has 0 saturated heterocycles. The minimum absolute atomic E-state index is 0.0949. The molecule has 0 spiro atoms. The van der Waals surface area contributed by atoms with Crippen LogP contribution in [0, 0.1) is 0 Å². The van der Waals surface area contributed by atoms with Crippen LogP contribution in [-0.2, 0) is 17.9 Å². The highest BCUT2D eigenvalue weighted by Crippen LogP contribution is 2.20. The van der Waals surface area contributed by atoms with Crippen molar-refractivity contribution >= 4 is 34.1 Å². The van der Waals surface area contributed by atoms with Gasteiger partial charge in [-0.1, -0.05) is 47.1 Å². The molecule has 0 unspecified atom stereocenters. The predicted octanol–water partition coefficient (Wildman–Crippen LogP) is 4.05. The van der Waals surface area contributed by atoms with E-state index in [0.717, 1.165) is 5.56 Å². The van der Waals surface area contributed by atoms with Gasteiger partial charge in [0.25, 0.3) is 5.56 Å². The number of hydrogen-bond donors (Lipinski definition) is 1. The molecule has 0 aliphatic carbocycles. The molecule has 0 atom stereocenters. The van der Waals surface area contributed by atoms with Gasteiger partial charge < -0.3 is 10.1 Å². The third-order valence-corrected chi connectivity index (χ3v) is 5.04. The molecule has 1 aromatic heterocycles. The number of carbonyl (C=O) groups is 1. The number of anilines is 1. The van der Waals surface area contributed by atoms with E-state index < -0.39 is 0 Å². The first kappa shape index (κ1) is 20.6. The van der Waals surface area contributed by atoms with E-state index in [1.165, 1.54) is 4.68 Å². The largest absolute Gasteiger partial charge is 0.489 e. The van der Waals surface area contributed by atoms with Gasteiger partial charge in [-0.25, -0.2) is 4.68 Å². The van der Waals surface area contributed by atoms with E-state index in [2.05, 4.69) is 15.6 Å². The van der Waals surface area contributed by atoms with Gasteiger partial charge in [0.1, 0.15) is 17.9 Å². The minimum Gasteiger partial charge on any atom is -0.489 e. The molecule has 1 amide bonds. The second-order valence-corrected chi connectivity index (χ2v) is 7.24. The summed E-state index contributed by atoms with van der Waals surface area (Å²) in [5, 5.41) is 11.8. The second-order valence-electron chi connectivity index (χ2n) is 6.84. The zero-order chi connectivity index (χ0) is 21.6. The number of aryl methyl sites for hydroxylation is 1. The number of hydrogen-bond acceptors (Lipinski definition) is 5. The predicted molar refractivity (Wildman–Crippen MR) is 119 cm³/mol. The van der Waals surface area contributed by atoms with E-state index in [0.29, 0.717) is 34.0 Å². The number of halogens is 1. The molecule has 0 radical (unpaired) electrons. The summed E-state index contributed by atoms with van der Waals surface area (Å²) in [6.07, 6.45) is 0.0949.